The van der Waals surface area contributed by atoms with Crippen LogP contribution < -0.4 is 9.47 Å². The summed E-state index contributed by atoms with van der Waals surface area (Å²) in [6.45, 7) is 3.74. The maximum atomic E-state index is 12.9. The zero-order valence-corrected chi connectivity index (χ0v) is 14.6. The van der Waals surface area contributed by atoms with Gasteiger partial charge >= 0.3 is 0 Å². The van der Waals surface area contributed by atoms with Gasteiger partial charge in [0, 0.05) is 38.3 Å². The number of benzene rings is 1. The van der Waals surface area contributed by atoms with Crippen LogP contribution in [0.5, 0.6) is 11.5 Å². The quantitative estimate of drug-likeness (QED) is 0.829. The summed E-state index contributed by atoms with van der Waals surface area (Å²) < 4.78 is 38.4. The molecule has 3 aliphatic rings. The second-order valence-electron chi connectivity index (χ2n) is 6.68. The second-order valence-corrected chi connectivity index (χ2v) is 8.62. The molecule has 1 aromatic carbocycles. The van der Waals surface area contributed by atoms with Crippen LogP contribution in [-0.4, -0.2) is 63.1 Å². The highest BCUT2D eigenvalue weighted by Crippen LogP contribution is 2.33. The summed E-state index contributed by atoms with van der Waals surface area (Å²) in [7, 11) is -3.47. The van der Waals surface area contributed by atoms with Gasteiger partial charge in [0.1, 0.15) is 13.2 Å². The van der Waals surface area contributed by atoms with Crippen molar-refractivity contribution < 1.29 is 17.9 Å². The molecule has 1 saturated heterocycles. The molecule has 1 aromatic rings. The summed E-state index contributed by atoms with van der Waals surface area (Å²) in [4.78, 5) is 2.75. The standard InChI is InChI=1S/C17H24N2O4S/c20-24(21,15-5-6-16-17(13-15)23-12-11-22-16)19-9-7-18(8-10-19)14-3-1-2-4-14/h5-6,13-14H,1-4,7-12H2. The number of hydrogen-bond acceptors (Lipinski definition) is 5. The van der Waals surface area contributed by atoms with Crippen LogP contribution in [0.1, 0.15) is 25.7 Å². The highest BCUT2D eigenvalue weighted by Gasteiger charge is 2.32. The number of fused-ring (bicyclic) bond motifs is 1. The predicted octanol–water partition coefficient (Wildman–Crippen LogP) is 1.71. The van der Waals surface area contributed by atoms with Crippen LogP contribution in [0.15, 0.2) is 23.1 Å². The van der Waals surface area contributed by atoms with Crippen molar-refractivity contribution in [1.82, 2.24) is 9.21 Å². The van der Waals surface area contributed by atoms with Crippen LogP contribution >= 0.6 is 0 Å². The fraction of sp³-hybridized carbons (Fsp3) is 0.647. The largest absolute Gasteiger partial charge is 0.486 e. The fourth-order valence-electron chi connectivity index (χ4n) is 3.91. The van der Waals surface area contributed by atoms with Crippen molar-refractivity contribution in [3.8, 4) is 11.5 Å². The van der Waals surface area contributed by atoms with Crippen molar-refractivity contribution in [2.75, 3.05) is 39.4 Å². The molecule has 24 heavy (non-hydrogen) atoms. The zero-order valence-electron chi connectivity index (χ0n) is 13.8. The predicted molar refractivity (Wildman–Crippen MR) is 90.0 cm³/mol. The average Bonchev–Trinajstić information content (AvgIpc) is 3.16. The first-order valence-corrected chi connectivity index (χ1v) is 10.2. The van der Waals surface area contributed by atoms with Crippen molar-refractivity contribution >= 4 is 10.0 Å². The Labute approximate surface area is 143 Å². The first kappa shape index (κ1) is 16.2. The topological polar surface area (TPSA) is 59.1 Å². The number of nitrogens with zero attached hydrogens (tertiary/aromatic N) is 2. The van der Waals surface area contributed by atoms with Gasteiger partial charge in [0.2, 0.25) is 10.0 Å². The van der Waals surface area contributed by atoms with E-state index in [-0.39, 0.29) is 0 Å². The van der Waals surface area contributed by atoms with Gasteiger partial charge in [-0.25, -0.2) is 8.42 Å². The van der Waals surface area contributed by atoms with E-state index in [9.17, 15) is 8.42 Å². The van der Waals surface area contributed by atoms with E-state index in [0.717, 1.165) is 13.1 Å². The average molecular weight is 352 g/mol. The number of hydrogen-bond donors (Lipinski definition) is 0. The summed E-state index contributed by atoms with van der Waals surface area (Å²) in [6.07, 6.45) is 5.13. The van der Waals surface area contributed by atoms with Crippen molar-refractivity contribution in [2.24, 2.45) is 0 Å². The number of ether oxygens (including phenoxy) is 2. The molecule has 0 unspecified atom stereocenters. The first-order chi connectivity index (χ1) is 11.6. The highest BCUT2D eigenvalue weighted by molar-refractivity contribution is 7.89. The van der Waals surface area contributed by atoms with Crippen LogP contribution in [0.25, 0.3) is 0 Å². The number of sulfonamides is 1. The Morgan fingerprint density at radius 1 is 0.917 bits per heavy atom. The van der Waals surface area contributed by atoms with Gasteiger partial charge < -0.3 is 9.47 Å². The van der Waals surface area contributed by atoms with Gasteiger partial charge in [-0.2, -0.15) is 4.31 Å². The van der Waals surface area contributed by atoms with Crippen molar-refractivity contribution in [1.29, 1.82) is 0 Å². The lowest BCUT2D eigenvalue weighted by atomic mass is 10.2. The van der Waals surface area contributed by atoms with E-state index in [1.807, 2.05) is 0 Å². The van der Waals surface area contributed by atoms with Gasteiger partial charge in [-0.3, -0.25) is 4.90 Å². The molecule has 6 nitrogen and oxygen atoms in total. The monoisotopic (exact) mass is 352 g/mol. The van der Waals surface area contributed by atoms with Gasteiger partial charge in [0.05, 0.1) is 4.90 Å². The van der Waals surface area contributed by atoms with E-state index in [0.29, 0.717) is 48.7 Å². The van der Waals surface area contributed by atoms with Crippen molar-refractivity contribution in [2.45, 2.75) is 36.6 Å². The minimum absolute atomic E-state index is 0.293. The Kier molecular flexibility index (Phi) is 4.40. The summed E-state index contributed by atoms with van der Waals surface area (Å²) in [5.74, 6) is 1.14. The number of piperazine rings is 1. The van der Waals surface area contributed by atoms with E-state index >= 15 is 0 Å². The molecule has 1 aliphatic carbocycles. The van der Waals surface area contributed by atoms with Crippen LogP contribution in [0.4, 0.5) is 0 Å². The Bertz CT molecular complexity index is 693. The van der Waals surface area contributed by atoms with Crippen LogP contribution in [0.2, 0.25) is 0 Å². The van der Waals surface area contributed by atoms with E-state index in [1.165, 1.54) is 25.7 Å². The summed E-state index contributed by atoms with van der Waals surface area (Å²) in [5, 5.41) is 0. The molecule has 0 atom stereocenters. The SMILES string of the molecule is O=S(=O)(c1ccc2c(c1)OCCO2)N1CCN(C2CCCC2)CC1. The Balaban J connectivity index is 1.47. The molecule has 0 aromatic heterocycles. The second kappa shape index (κ2) is 6.54. The first-order valence-electron chi connectivity index (χ1n) is 8.78. The van der Waals surface area contributed by atoms with Crippen molar-refractivity contribution in [3.63, 3.8) is 0 Å². The third-order valence-electron chi connectivity index (χ3n) is 5.27. The third kappa shape index (κ3) is 3.00. The minimum Gasteiger partial charge on any atom is -0.486 e. The molecule has 0 amide bonds. The third-order valence-corrected chi connectivity index (χ3v) is 7.16. The fourth-order valence-corrected chi connectivity index (χ4v) is 5.35. The molecule has 4 rings (SSSR count). The van der Waals surface area contributed by atoms with Gasteiger partial charge in [0.25, 0.3) is 0 Å². The molecular formula is C17H24N2O4S. The minimum atomic E-state index is -3.47. The maximum absolute atomic E-state index is 12.9. The van der Waals surface area contributed by atoms with E-state index in [4.69, 9.17) is 9.47 Å². The molecule has 0 radical (unpaired) electrons. The van der Waals surface area contributed by atoms with Crippen LogP contribution in [-0.2, 0) is 10.0 Å². The highest BCUT2D eigenvalue weighted by atomic mass is 32.2. The molecule has 2 aliphatic heterocycles. The Hall–Kier alpha value is -1.31. The van der Waals surface area contributed by atoms with Crippen molar-refractivity contribution in [3.05, 3.63) is 18.2 Å². The van der Waals surface area contributed by atoms with Gasteiger partial charge in [-0.15, -0.1) is 0 Å². The molecule has 0 N–H and O–H groups in total. The van der Waals surface area contributed by atoms with Crippen LogP contribution in [0, 0.1) is 0 Å². The zero-order chi connectivity index (χ0) is 16.6. The lowest BCUT2D eigenvalue weighted by Gasteiger charge is -2.37. The normalized spacial score (nSPS) is 23.5. The molecule has 7 heteroatoms. The van der Waals surface area contributed by atoms with E-state index < -0.39 is 10.0 Å². The Morgan fingerprint density at radius 3 is 2.29 bits per heavy atom. The van der Waals surface area contributed by atoms with Gasteiger partial charge in [-0.05, 0) is 25.0 Å². The van der Waals surface area contributed by atoms with Crippen LogP contribution in [0.3, 0.4) is 0 Å². The molecule has 0 bridgehead atoms. The molecule has 132 valence electrons. The Morgan fingerprint density at radius 2 is 1.58 bits per heavy atom. The summed E-state index contributed by atoms with van der Waals surface area (Å²) in [6, 6.07) is 5.55. The summed E-state index contributed by atoms with van der Waals surface area (Å²) in [5.41, 5.74) is 0. The van der Waals surface area contributed by atoms with E-state index in [1.54, 1.807) is 22.5 Å². The summed E-state index contributed by atoms with van der Waals surface area (Å²) >= 11 is 0. The van der Waals surface area contributed by atoms with E-state index in [2.05, 4.69) is 4.90 Å². The molecular weight excluding hydrogens is 328 g/mol. The lowest BCUT2D eigenvalue weighted by Crippen LogP contribution is -2.51. The molecule has 0 spiro atoms. The maximum Gasteiger partial charge on any atom is 0.243 e. The molecule has 2 fully saturated rings. The molecule has 1 saturated carbocycles. The lowest BCUT2D eigenvalue weighted by molar-refractivity contribution is 0.139. The van der Waals surface area contributed by atoms with Gasteiger partial charge in [-0.1, -0.05) is 12.8 Å². The van der Waals surface area contributed by atoms with Gasteiger partial charge in [0.15, 0.2) is 11.5 Å². The number of rotatable bonds is 3. The smallest absolute Gasteiger partial charge is 0.243 e. The molecule has 2 heterocycles.